The van der Waals surface area contributed by atoms with Crippen LogP contribution in [-0.4, -0.2) is 43.0 Å². The van der Waals surface area contributed by atoms with Crippen molar-refractivity contribution < 1.29 is 9.26 Å². The lowest BCUT2D eigenvalue weighted by Crippen LogP contribution is -2.65. The van der Waals surface area contributed by atoms with Crippen LogP contribution in [0.1, 0.15) is 64.0 Å². The Morgan fingerprint density at radius 1 is 1.26 bits per heavy atom. The van der Waals surface area contributed by atoms with Crippen molar-refractivity contribution in [1.29, 1.82) is 0 Å². The molecule has 1 aromatic rings. The average Bonchev–Trinajstić information content (AvgIpc) is 2.94. The Kier molecular flexibility index (Phi) is 10.1. The van der Waals surface area contributed by atoms with Gasteiger partial charge in [-0.25, -0.2) is 0 Å². The molecule has 2 N–H and O–H groups in total. The normalized spacial score (nSPS) is 21.3. The van der Waals surface area contributed by atoms with Gasteiger partial charge in [0.2, 0.25) is 0 Å². The number of nitrogens with one attached hydrogen (secondary N) is 2. The summed E-state index contributed by atoms with van der Waals surface area (Å²) in [6.45, 7) is 15.0. The lowest BCUT2D eigenvalue weighted by atomic mass is 9.58. The van der Waals surface area contributed by atoms with Crippen LogP contribution in [0.4, 0.5) is 0 Å². The number of nitrogens with zero attached hydrogens (tertiary/aromatic N) is 2. The molecule has 2 rings (SSSR count). The van der Waals surface area contributed by atoms with Gasteiger partial charge in [-0.2, -0.15) is 0 Å². The maximum absolute atomic E-state index is 5.99. The molecule has 0 amide bonds. The van der Waals surface area contributed by atoms with E-state index in [0.29, 0.717) is 18.7 Å². The zero-order chi connectivity index (χ0) is 19.2. The SMILES string of the molecule is CCNC(=NCCc1c(C)noc1C)NC1CC(OCC)C1(CC)CC.I. The second kappa shape index (κ2) is 11.2. The third-order valence-electron chi connectivity index (χ3n) is 5.94. The van der Waals surface area contributed by atoms with E-state index >= 15 is 0 Å². The van der Waals surface area contributed by atoms with Crippen LogP contribution in [0, 0.1) is 19.3 Å². The molecule has 1 heterocycles. The molecule has 27 heavy (non-hydrogen) atoms. The molecule has 1 aliphatic carbocycles. The van der Waals surface area contributed by atoms with Crippen LogP contribution >= 0.6 is 24.0 Å². The number of ether oxygens (including phenoxy) is 1. The van der Waals surface area contributed by atoms with Crippen molar-refractivity contribution >= 4 is 29.9 Å². The smallest absolute Gasteiger partial charge is 0.191 e. The topological polar surface area (TPSA) is 71.7 Å². The first-order chi connectivity index (χ1) is 12.5. The Morgan fingerprint density at radius 2 is 1.96 bits per heavy atom. The molecule has 156 valence electrons. The third kappa shape index (κ3) is 5.37. The number of aliphatic imine (C=N–C) groups is 1. The van der Waals surface area contributed by atoms with Crippen LogP contribution in [0.5, 0.6) is 0 Å². The molecule has 2 unspecified atom stereocenters. The number of hydrogen-bond donors (Lipinski definition) is 2. The molecule has 1 fully saturated rings. The predicted molar refractivity (Wildman–Crippen MR) is 121 cm³/mol. The molecule has 1 aliphatic rings. The average molecular weight is 492 g/mol. The van der Waals surface area contributed by atoms with Gasteiger partial charge in [0.15, 0.2) is 5.96 Å². The van der Waals surface area contributed by atoms with Gasteiger partial charge in [0.05, 0.1) is 11.8 Å². The molecule has 7 heteroatoms. The molecule has 0 bridgehead atoms. The minimum absolute atomic E-state index is 0. The van der Waals surface area contributed by atoms with Crippen LogP contribution in [0.2, 0.25) is 0 Å². The van der Waals surface area contributed by atoms with E-state index < -0.39 is 0 Å². The summed E-state index contributed by atoms with van der Waals surface area (Å²) in [7, 11) is 0. The van der Waals surface area contributed by atoms with E-state index in [9.17, 15) is 0 Å². The fourth-order valence-electron chi connectivity index (χ4n) is 4.21. The summed E-state index contributed by atoms with van der Waals surface area (Å²) in [5.41, 5.74) is 2.33. The van der Waals surface area contributed by atoms with E-state index in [2.05, 4.69) is 43.5 Å². The molecular formula is C20H37IN4O2. The summed E-state index contributed by atoms with van der Waals surface area (Å²) >= 11 is 0. The first-order valence-corrected chi connectivity index (χ1v) is 10.1. The summed E-state index contributed by atoms with van der Waals surface area (Å²) in [4.78, 5) is 4.78. The monoisotopic (exact) mass is 492 g/mol. The molecule has 0 radical (unpaired) electrons. The second-order valence-electron chi connectivity index (χ2n) is 7.13. The van der Waals surface area contributed by atoms with Crippen molar-refractivity contribution in [2.45, 2.75) is 79.4 Å². The highest BCUT2D eigenvalue weighted by Gasteiger charge is 2.53. The molecule has 0 spiro atoms. The second-order valence-corrected chi connectivity index (χ2v) is 7.13. The predicted octanol–water partition coefficient (Wildman–Crippen LogP) is 3.99. The third-order valence-corrected chi connectivity index (χ3v) is 5.94. The van der Waals surface area contributed by atoms with Crippen molar-refractivity contribution in [1.82, 2.24) is 15.8 Å². The van der Waals surface area contributed by atoms with Gasteiger partial charge in [-0.15, -0.1) is 24.0 Å². The van der Waals surface area contributed by atoms with E-state index in [4.69, 9.17) is 14.3 Å². The molecular weight excluding hydrogens is 455 g/mol. The summed E-state index contributed by atoms with van der Waals surface area (Å²) in [5.74, 6) is 1.79. The molecule has 2 atom stereocenters. The van der Waals surface area contributed by atoms with E-state index in [0.717, 1.165) is 56.2 Å². The van der Waals surface area contributed by atoms with Crippen molar-refractivity contribution in [2.75, 3.05) is 19.7 Å². The van der Waals surface area contributed by atoms with Gasteiger partial charge < -0.3 is 19.9 Å². The van der Waals surface area contributed by atoms with Crippen LogP contribution in [0.25, 0.3) is 0 Å². The van der Waals surface area contributed by atoms with Crippen molar-refractivity contribution in [3.8, 4) is 0 Å². The Balaban J connectivity index is 0.00000364. The standard InChI is InChI=1S/C20H36N4O2.HI/c1-7-20(8-2)17(13-18(20)25-10-4)23-19(21-9-3)22-12-11-16-14(5)24-26-15(16)6;/h17-18H,7-13H2,1-6H3,(H2,21,22,23);1H. The lowest BCUT2D eigenvalue weighted by Gasteiger charge is -2.55. The number of hydrogen-bond acceptors (Lipinski definition) is 4. The highest BCUT2D eigenvalue weighted by molar-refractivity contribution is 14.0. The van der Waals surface area contributed by atoms with Crippen molar-refractivity contribution in [3.63, 3.8) is 0 Å². The Labute approximate surface area is 181 Å². The first-order valence-electron chi connectivity index (χ1n) is 10.1. The van der Waals surface area contributed by atoms with Gasteiger partial charge >= 0.3 is 0 Å². The highest BCUT2D eigenvalue weighted by Crippen LogP contribution is 2.48. The molecule has 1 aromatic heterocycles. The van der Waals surface area contributed by atoms with E-state index in [1.54, 1.807) is 0 Å². The fraction of sp³-hybridized carbons (Fsp3) is 0.800. The maximum atomic E-state index is 5.99. The number of aryl methyl sites for hydroxylation is 2. The van der Waals surface area contributed by atoms with E-state index in [-0.39, 0.29) is 29.4 Å². The van der Waals surface area contributed by atoms with Gasteiger partial charge in [-0.3, -0.25) is 4.99 Å². The summed E-state index contributed by atoms with van der Waals surface area (Å²) in [5, 5.41) is 11.1. The van der Waals surface area contributed by atoms with Crippen molar-refractivity contribution in [3.05, 3.63) is 17.0 Å². The van der Waals surface area contributed by atoms with E-state index in [1.165, 1.54) is 5.56 Å². The van der Waals surface area contributed by atoms with Gasteiger partial charge in [-0.1, -0.05) is 19.0 Å². The highest BCUT2D eigenvalue weighted by atomic mass is 127. The largest absolute Gasteiger partial charge is 0.378 e. The van der Waals surface area contributed by atoms with Gasteiger partial charge in [0.25, 0.3) is 0 Å². The molecule has 0 saturated heterocycles. The molecule has 0 aromatic carbocycles. The number of guanidine groups is 1. The van der Waals surface area contributed by atoms with E-state index in [1.807, 2.05) is 13.8 Å². The Hall–Kier alpha value is -0.830. The minimum atomic E-state index is 0. The maximum Gasteiger partial charge on any atom is 0.191 e. The van der Waals surface area contributed by atoms with Crippen LogP contribution in [0.15, 0.2) is 9.52 Å². The van der Waals surface area contributed by atoms with Crippen LogP contribution in [-0.2, 0) is 11.2 Å². The molecule has 1 saturated carbocycles. The molecule has 0 aliphatic heterocycles. The van der Waals surface area contributed by atoms with Gasteiger partial charge in [0.1, 0.15) is 5.76 Å². The lowest BCUT2D eigenvalue weighted by molar-refractivity contribution is -0.133. The first kappa shape index (κ1) is 24.2. The Bertz CT molecular complexity index is 579. The van der Waals surface area contributed by atoms with Crippen molar-refractivity contribution in [2.24, 2.45) is 10.4 Å². The van der Waals surface area contributed by atoms with Crippen LogP contribution in [0.3, 0.4) is 0 Å². The van der Waals surface area contributed by atoms with Gasteiger partial charge in [0, 0.05) is 36.7 Å². The summed E-state index contributed by atoms with van der Waals surface area (Å²) < 4.78 is 11.2. The van der Waals surface area contributed by atoms with Gasteiger partial charge in [-0.05, 0) is 53.4 Å². The summed E-state index contributed by atoms with van der Waals surface area (Å²) in [6.07, 6.45) is 4.47. The number of rotatable bonds is 9. The zero-order valence-electron chi connectivity index (χ0n) is 17.7. The number of halogens is 1. The Morgan fingerprint density at radius 3 is 2.48 bits per heavy atom. The zero-order valence-corrected chi connectivity index (χ0v) is 20.1. The minimum Gasteiger partial charge on any atom is -0.378 e. The molecule has 6 nitrogen and oxygen atoms in total. The van der Waals surface area contributed by atoms with Crippen LogP contribution < -0.4 is 10.6 Å². The quantitative estimate of drug-likeness (QED) is 0.310. The number of aromatic nitrogens is 1. The summed E-state index contributed by atoms with van der Waals surface area (Å²) in [6, 6.07) is 0.408. The fourth-order valence-corrected chi connectivity index (χ4v) is 4.21.